The van der Waals surface area contributed by atoms with Gasteiger partial charge in [-0.15, -0.1) is 0 Å². The van der Waals surface area contributed by atoms with Crippen LogP contribution < -0.4 is 10.7 Å². The molecule has 0 atom stereocenters. The molecule has 72 valence electrons. The number of carbonyl (C=O) groups excluding carboxylic acids is 1. The van der Waals surface area contributed by atoms with Crippen molar-refractivity contribution in [3.63, 3.8) is 0 Å². The fraction of sp³-hybridized carbons (Fsp3) is 0. The Morgan fingerprint density at radius 2 is 1.80 bits per heavy atom. The molecule has 2 aromatic carbocycles. The minimum Gasteiger partial charge on any atom is -0.244 e. The van der Waals surface area contributed by atoms with Gasteiger partial charge in [0.25, 0.3) is 0 Å². The summed E-state index contributed by atoms with van der Waals surface area (Å²) in [6.45, 7) is 0. The second-order valence-electron chi connectivity index (χ2n) is 3.28. The number of urea groups is 1. The van der Waals surface area contributed by atoms with Gasteiger partial charge in [-0.05, 0) is 11.5 Å². The van der Waals surface area contributed by atoms with Crippen molar-refractivity contribution in [2.45, 2.75) is 0 Å². The van der Waals surface area contributed by atoms with Crippen LogP contribution in [0.1, 0.15) is 0 Å². The van der Waals surface area contributed by atoms with E-state index in [-0.39, 0.29) is 0 Å². The van der Waals surface area contributed by atoms with Crippen LogP contribution in [0.25, 0.3) is 10.8 Å². The van der Waals surface area contributed by atoms with Gasteiger partial charge >= 0.3 is 6.03 Å². The first-order valence-electron chi connectivity index (χ1n) is 4.44. The second kappa shape index (κ2) is 2.87. The predicted octanol–water partition coefficient (Wildman–Crippen LogP) is 1.87. The van der Waals surface area contributed by atoms with Gasteiger partial charge in [0.2, 0.25) is 0 Å². The van der Waals surface area contributed by atoms with Gasteiger partial charge < -0.3 is 0 Å². The van der Waals surface area contributed by atoms with Crippen molar-refractivity contribution >= 4 is 28.4 Å². The lowest BCUT2D eigenvalue weighted by Gasteiger charge is -1.96. The summed E-state index contributed by atoms with van der Waals surface area (Å²) in [6.07, 6.45) is 0. The topological polar surface area (TPSA) is 41.8 Å². The number of carbonyl (C=O) groups is 1. The van der Waals surface area contributed by atoms with Crippen LogP contribution in [0.15, 0.2) is 40.3 Å². The minimum absolute atomic E-state index is 0.471. The molecule has 4 heteroatoms. The molecular weight excluding hydrogens is 212 g/mol. The molecule has 0 aliphatic carbocycles. The SMILES string of the molecule is O=C1N=c2c(Cl)cc3ccccc3c2=N1. The zero-order valence-corrected chi connectivity index (χ0v) is 8.32. The molecule has 3 nitrogen and oxygen atoms in total. The van der Waals surface area contributed by atoms with Crippen molar-refractivity contribution in [1.82, 2.24) is 0 Å². The maximum Gasteiger partial charge on any atom is 0.368 e. The van der Waals surface area contributed by atoms with Gasteiger partial charge in [-0.3, -0.25) is 0 Å². The van der Waals surface area contributed by atoms with Gasteiger partial charge in [0.15, 0.2) is 0 Å². The Morgan fingerprint density at radius 1 is 1.07 bits per heavy atom. The largest absolute Gasteiger partial charge is 0.368 e. The van der Waals surface area contributed by atoms with Crippen LogP contribution >= 0.6 is 11.6 Å². The molecule has 0 fully saturated rings. The number of hydrogen-bond donors (Lipinski definition) is 0. The van der Waals surface area contributed by atoms with Gasteiger partial charge in [-0.2, -0.15) is 9.98 Å². The number of nitrogens with zero attached hydrogens (tertiary/aromatic N) is 2. The van der Waals surface area contributed by atoms with Crippen LogP contribution in [-0.4, -0.2) is 6.03 Å². The molecule has 0 saturated heterocycles. The highest BCUT2D eigenvalue weighted by Crippen LogP contribution is 2.13. The van der Waals surface area contributed by atoms with E-state index in [0.29, 0.717) is 15.7 Å². The maximum atomic E-state index is 11.1. The van der Waals surface area contributed by atoms with Crippen molar-refractivity contribution in [2.75, 3.05) is 0 Å². The first-order chi connectivity index (χ1) is 7.25. The Hall–Kier alpha value is -1.74. The fourth-order valence-electron chi connectivity index (χ4n) is 1.72. The Morgan fingerprint density at radius 3 is 2.67 bits per heavy atom. The van der Waals surface area contributed by atoms with E-state index in [0.717, 1.165) is 10.8 Å². The number of rotatable bonds is 0. The number of halogens is 1. The summed E-state index contributed by atoms with van der Waals surface area (Å²) in [5.41, 5.74) is 0. The van der Waals surface area contributed by atoms with Gasteiger partial charge in [0, 0.05) is 5.39 Å². The molecule has 2 aromatic rings. The smallest absolute Gasteiger partial charge is 0.244 e. The van der Waals surface area contributed by atoms with Crippen LogP contribution in [-0.2, 0) is 0 Å². The molecule has 3 rings (SSSR count). The molecule has 1 aliphatic rings. The van der Waals surface area contributed by atoms with E-state index in [1.165, 1.54) is 0 Å². The molecule has 1 heterocycles. The molecule has 0 saturated carbocycles. The van der Waals surface area contributed by atoms with Gasteiger partial charge in [-0.1, -0.05) is 35.9 Å². The summed E-state index contributed by atoms with van der Waals surface area (Å²) < 4.78 is 0. The lowest BCUT2D eigenvalue weighted by atomic mass is 10.1. The third-order valence-electron chi connectivity index (χ3n) is 2.36. The number of fused-ring (bicyclic) bond motifs is 3. The van der Waals surface area contributed by atoms with Gasteiger partial charge in [0.05, 0.1) is 5.02 Å². The van der Waals surface area contributed by atoms with Crippen LogP contribution in [0.5, 0.6) is 0 Å². The monoisotopic (exact) mass is 216 g/mol. The number of hydrogen-bond acceptors (Lipinski definition) is 1. The van der Waals surface area contributed by atoms with E-state index in [2.05, 4.69) is 9.98 Å². The average molecular weight is 217 g/mol. The molecule has 0 spiro atoms. The highest BCUT2D eigenvalue weighted by molar-refractivity contribution is 6.31. The van der Waals surface area contributed by atoms with Gasteiger partial charge in [-0.25, -0.2) is 4.79 Å². The Labute approximate surface area is 89.7 Å². The molecule has 1 aliphatic heterocycles. The van der Waals surface area contributed by atoms with E-state index in [4.69, 9.17) is 11.6 Å². The van der Waals surface area contributed by atoms with E-state index in [1.54, 1.807) is 6.07 Å². The third-order valence-corrected chi connectivity index (χ3v) is 2.65. The molecule has 0 radical (unpaired) electrons. The molecular formula is C11H5ClN2O. The summed E-state index contributed by atoms with van der Waals surface area (Å²) in [7, 11) is 0. The average Bonchev–Trinajstić information content (AvgIpc) is 2.61. The first-order valence-corrected chi connectivity index (χ1v) is 4.82. The number of benzene rings is 2. The molecule has 2 amide bonds. The van der Waals surface area contributed by atoms with Crippen LogP contribution in [0.4, 0.5) is 4.79 Å². The summed E-state index contributed by atoms with van der Waals surface area (Å²) in [6, 6.07) is 8.96. The third kappa shape index (κ3) is 1.17. The summed E-state index contributed by atoms with van der Waals surface area (Å²) >= 11 is 6.01. The molecule has 0 aromatic heterocycles. The Balaban J connectivity index is 2.67. The highest BCUT2D eigenvalue weighted by atomic mass is 35.5. The highest BCUT2D eigenvalue weighted by Gasteiger charge is 2.11. The maximum absolute atomic E-state index is 11.1. The molecule has 15 heavy (non-hydrogen) atoms. The van der Waals surface area contributed by atoms with Crippen LogP contribution in [0.2, 0.25) is 5.02 Å². The van der Waals surface area contributed by atoms with Gasteiger partial charge in [0.1, 0.15) is 10.7 Å². The van der Waals surface area contributed by atoms with Crippen molar-refractivity contribution in [2.24, 2.45) is 9.98 Å². The Kier molecular flexibility index (Phi) is 1.64. The summed E-state index contributed by atoms with van der Waals surface area (Å²) in [5.74, 6) is 0. The predicted molar refractivity (Wildman–Crippen MR) is 56.7 cm³/mol. The quantitative estimate of drug-likeness (QED) is 0.663. The van der Waals surface area contributed by atoms with Crippen molar-refractivity contribution in [3.05, 3.63) is 46.1 Å². The van der Waals surface area contributed by atoms with Crippen molar-refractivity contribution < 1.29 is 4.79 Å². The van der Waals surface area contributed by atoms with E-state index in [9.17, 15) is 4.79 Å². The lowest BCUT2D eigenvalue weighted by Crippen LogP contribution is -2.23. The molecule has 0 unspecified atom stereocenters. The minimum atomic E-state index is -0.483. The van der Waals surface area contributed by atoms with Crippen LogP contribution in [0, 0.1) is 0 Å². The van der Waals surface area contributed by atoms with E-state index >= 15 is 0 Å². The lowest BCUT2D eigenvalue weighted by molar-refractivity contribution is 0.257. The normalized spacial score (nSPS) is 13.5. The molecule has 0 bridgehead atoms. The van der Waals surface area contributed by atoms with Crippen molar-refractivity contribution in [1.29, 1.82) is 0 Å². The zero-order chi connectivity index (χ0) is 10.4. The standard InChI is InChI=1S/C11H5ClN2O/c12-8-5-6-3-1-2-4-7(6)9-10(8)14-11(15)13-9/h1-5H. The zero-order valence-electron chi connectivity index (χ0n) is 7.57. The van der Waals surface area contributed by atoms with Crippen molar-refractivity contribution in [3.8, 4) is 0 Å². The first kappa shape index (κ1) is 8.56. The van der Waals surface area contributed by atoms with E-state index < -0.39 is 6.03 Å². The second-order valence-corrected chi connectivity index (χ2v) is 3.69. The van der Waals surface area contributed by atoms with Crippen LogP contribution in [0.3, 0.4) is 0 Å². The summed E-state index contributed by atoms with van der Waals surface area (Å²) in [4.78, 5) is 18.7. The van der Waals surface area contributed by atoms with E-state index in [1.807, 2.05) is 24.3 Å². The fourth-order valence-corrected chi connectivity index (χ4v) is 1.97. The molecule has 0 N–H and O–H groups in total. The Bertz CT molecular complexity index is 706. The number of amides is 2. The summed E-state index contributed by atoms with van der Waals surface area (Å²) in [5, 5.41) is 3.42.